The molecule has 0 aliphatic heterocycles. The number of carbonyl (C=O) groups is 1. The Labute approximate surface area is 178 Å². The fraction of sp³-hybridized carbons (Fsp3) is 0.174. The van der Waals surface area contributed by atoms with Crippen LogP contribution in [0.1, 0.15) is 18.4 Å². The summed E-state index contributed by atoms with van der Waals surface area (Å²) in [5, 5.41) is 10.3. The SMILES string of the molecule is NC(=O)/C(C(N)=NC1CC(O)C1)=C(/N)c1ccc2ccc(-c3cccc(F)c3)nc2c1. The number of nitrogens with zero attached hydrogens (tertiary/aromatic N) is 2. The molecule has 0 bridgehead atoms. The van der Waals surface area contributed by atoms with Crippen LogP contribution in [0, 0.1) is 5.82 Å². The Kier molecular flexibility index (Phi) is 5.39. The van der Waals surface area contributed by atoms with Crippen molar-refractivity contribution in [3.8, 4) is 11.3 Å². The summed E-state index contributed by atoms with van der Waals surface area (Å²) in [7, 11) is 0. The molecule has 1 saturated carbocycles. The predicted octanol–water partition coefficient (Wildman–Crippen LogP) is 2.08. The molecule has 7 nitrogen and oxygen atoms in total. The number of pyridine rings is 1. The van der Waals surface area contributed by atoms with Gasteiger partial charge in [-0.2, -0.15) is 0 Å². The molecule has 0 saturated heterocycles. The van der Waals surface area contributed by atoms with Gasteiger partial charge in [-0.3, -0.25) is 9.79 Å². The fourth-order valence-electron chi connectivity index (χ4n) is 3.56. The fourth-order valence-corrected chi connectivity index (χ4v) is 3.56. The molecule has 158 valence electrons. The number of nitrogens with two attached hydrogens (primary N) is 3. The van der Waals surface area contributed by atoms with Crippen molar-refractivity contribution in [3.05, 3.63) is 71.6 Å². The molecule has 0 unspecified atom stereocenters. The minimum atomic E-state index is -0.791. The van der Waals surface area contributed by atoms with Crippen LogP contribution in [0.3, 0.4) is 0 Å². The first-order valence-corrected chi connectivity index (χ1v) is 9.80. The molecule has 1 aliphatic rings. The highest BCUT2D eigenvalue weighted by Crippen LogP contribution is 2.26. The maximum atomic E-state index is 13.6. The number of aliphatic imine (C=N–C) groups is 1. The van der Waals surface area contributed by atoms with Gasteiger partial charge in [0, 0.05) is 16.5 Å². The molecule has 1 aromatic heterocycles. The van der Waals surface area contributed by atoms with E-state index in [0.29, 0.717) is 35.2 Å². The zero-order valence-corrected chi connectivity index (χ0v) is 16.6. The molecule has 2 aromatic carbocycles. The van der Waals surface area contributed by atoms with Crippen LogP contribution in [0.4, 0.5) is 4.39 Å². The van der Waals surface area contributed by atoms with Crippen LogP contribution in [0.5, 0.6) is 0 Å². The number of aromatic nitrogens is 1. The van der Waals surface area contributed by atoms with Crippen molar-refractivity contribution >= 4 is 28.3 Å². The van der Waals surface area contributed by atoms with Crippen molar-refractivity contribution in [1.29, 1.82) is 0 Å². The van der Waals surface area contributed by atoms with E-state index in [4.69, 9.17) is 17.2 Å². The molecule has 0 radical (unpaired) electrons. The number of amides is 1. The number of rotatable bonds is 5. The number of hydrogen-bond acceptors (Lipinski definition) is 5. The van der Waals surface area contributed by atoms with E-state index in [0.717, 1.165) is 5.39 Å². The zero-order chi connectivity index (χ0) is 22.1. The second-order valence-corrected chi connectivity index (χ2v) is 7.56. The lowest BCUT2D eigenvalue weighted by atomic mass is 9.90. The first kappa shape index (κ1) is 20.5. The predicted molar refractivity (Wildman–Crippen MR) is 118 cm³/mol. The van der Waals surface area contributed by atoms with E-state index < -0.39 is 12.0 Å². The molecule has 4 rings (SSSR count). The van der Waals surface area contributed by atoms with Gasteiger partial charge in [0.15, 0.2) is 0 Å². The molecule has 0 atom stereocenters. The second-order valence-electron chi connectivity index (χ2n) is 7.56. The summed E-state index contributed by atoms with van der Waals surface area (Å²) in [6.07, 6.45) is 0.559. The van der Waals surface area contributed by atoms with Gasteiger partial charge >= 0.3 is 0 Å². The molecule has 0 spiro atoms. The zero-order valence-electron chi connectivity index (χ0n) is 16.6. The number of fused-ring (bicyclic) bond motifs is 1. The van der Waals surface area contributed by atoms with E-state index in [1.54, 1.807) is 24.3 Å². The summed E-state index contributed by atoms with van der Waals surface area (Å²) in [6, 6.07) is 15.0. The lowest BCUT2D eigenvalue weighted by Gasteiger charge is -2.28. The van der Waals surface area contributed by atoms with Gasteiger partial charge in [-0.25, -0.2) is 9.37 Å². The third-order valence-electron chi connectivity index (χ3n) is 5.31. The van der Waals surface area contributed by atoms with Crippen molar-refractivity contribution in [1.82, 2.24) is 4.98 Å². The van der Waals surface area contributed by atoms with Crippen molar-refractivity contribution < 1.29 is 14.3 Å². The smallest absolute Gasteiger partial charge is 0.254 e. The minimum absolute atomic E-state index is 0.0523. The monoisotopic (exact) mass is 419 g/mol. The van der Waals surface area contributed by atoms with E-state index in [-0.39, 0.29) is 29.0 Å². The number of aliphatic hydroxyl groups excluding tert-OH is 1. The van der Waals surface area contributed by atoms with E-state index >= 15 is 0 Å². The molecule has 7 N–H and O–H groups in total. The van der Waals surface area contributed by atoms with Crippen LogP contribution in [-0.4, -0.2) is 34.0 Å². The van der Waals surface area contributed by atoms with Gasteiger partial charge in [-0.1, -0.05) is 30.3 Å². The third kappa shape index (κ3) is 4.24. The Bertz CT molecular complexity index is 1230. The highest BCUT2D eigenvalue weighted by molar-refractivity contribution is 6.24. The molecular weight excluding hydrogens is 397 g/mol. The number of primary amides is 1. The van der Waals surface area contributed by atoms with E-state index in [9.17, 15) is 14.3 Å². The van der Waals surface area contributed by atoms with Crippen molar-refractivity contribution in [2.45, 2.75) is 25.0 Å². The number of aliphatic hydroxyl groups is 1. The van der Waals surface area contributed by atoms with Crippen LogP contribution < -0.4 is 17.2 Å². The largest absolute Gasteiger partial charge is 0.397 e. The van der Waals surface area contributed by atoms with Crippen LogP contribution in [-0.2, 0) is 4.79 Å². The maximum absolute atomic E-state index is 13.6. The van der Waals surface area contributed by atoms with Gasteiger partial charge in [0.2, 0.25) is 0 Å². The lowest BCUT2D eigenvalue weighted by Crippen LogP contribution is -2.36. The van der Waals surface area contributed by atoms with Crippen LogP contribution >= 0.6 is 0 Å². The standard InChI is InChI=1S/C23H22FN5O2/c24-15-3-1-2-13(8-15)18-7-6-12-4-5-14(9-19(12)29-18)21(25)20(23(27)31)22(26)28-16-10-17(30)11-16/h1-9,16-17,30H,10-11,25H2,(H2,26,28)(H2,27,31)/b21-20+. The van der Waals surface area contributed by atoms with Gasteiger partial charge in [0.1, 0.15) is 17.2 Å². The third-order valence-corrected chi connectivity index (χ3v) is 5.31. The molecule has 3 aromatic rings. The van der Waals surface area contributed by atoms with E-state index in [1.807, 2.05) is 18.2 Å². The highest BCUT2D eigenvalue weighted by Gasteiger charge is 2.28. The van der Waals surface area contributed by atoms with Crippen molar-refractivity contribution in [2.75, 3.05) is 0 Å². The Hall–Kier alpha value is -3.78. The molecule has 31 heavy (non-hydrogen) atoms. The number of benzene rings is 2. The van der Waals surface area contributed by atoms with Gasteiger partial charge in [0.25, 0.3) is 5.91 Å². The van der Waals surface area contributed by atoms with E-state index in [1.165, 1.54) is 12.1 Å². The summed E-state index contributed by atoms with van der Waals surface area (Å²) in [5.74, 6) is -1.19. The number of amidine groups is 1. The Morgan fingerprint density at radius 2 is 1.81 bits per heavy atom. The first-order chi connectivity index (χ1) is 14.8. The van der Waals surface area contributed by atoms with Crippen molar-refractivity contribution in [3.63, 3.8) is 0 Å². The minimum Gasteiger partial charge on any atom is -0.397 e. The number of hydrogen-bond donors (Lipinski definition) is 4. The summed E-state index contributed by atoms with van der Waals surface area (Å²) in [6.45, 7) is 0. The average molecular weight is 419 g/mol. The maximum Gasteiger partial charge on any atom is 0.254 e. The molecular formula is C23H22FN5O2. The molecule has 1 amide bonds. The molecule has 8 heteroatoms. The van der Waals surface area contributed by atoms with Gasteiger partial charge < -0.3 is 22.3 Å². The van der Waals surface area contributed by atoms with Crippen LogP contribution in [0.25, 0.3) is 27.9 Å². The normalized spacial score (nSPS) is 19.6. The molecule has 1 fully saturated rings. The summed E-state index contributed by atoms with van der Waals surface area (Å²) in [4.78, 5) is 20.9. The van der Waals surface area contributed by atoms with Gasteiger partial charge in [0.05, 0.1) is 29.1 Å². The number of carbonyl (C=O) groups excluding carboxylic acids is 1. The highest BCUT2D eigenvalue weighted by atomic mass is 19.1. The summed E-state index contributed by atoms with van der Waals surface area (Å²) < 4.78 is 13.6. The number of halogens is 1. The summed E-state index contributed by atoms with van der Waals surface area (Å²) >= 11 is 0. The Balaban J connectivity index is 1.75. The van der Waals surface area contributed by atoms with Crippen molar-refractivity contribution in [2.24, 2.45) is 22.2 Å². The lowest BCUT2D eigenvalue weighted by molar-refractivity contribution is -0.114. The van der Waals surface area contributed by atoms with Gasteiger partial charge in [-0.15, -0.1) is 0 Å². The average Bonchev–Trinajstić information content (AvgIpc) is 2.71. The van der Waals surface area contributed by atoms with E-state index in [2.05, 4.69) is 9.98 Å². The van der Waals surface area contributed by atoms with Gasteiger partial charge in [-0.05, 0) is 37.1 Å². The Morgan fingerprint density at radius 1 is 1.06 bits per heavy atom. The summed E-state index contributed by atoms with van der Waals surface area (Å²) in [5.41, 5.74) is 20.2. The Morgan fingerprint density at radius 3 is 2.48 bits per heavy atom. The topological polar surface area (TPSA) is 141 Å². The quantitative estimate of drug-likeness (QED) is 0.285. The van der Waals surface area contributed by atoms with Crippen LogP contribution in [0.15, 0.2) is 65.2 Å². The first-order valence-electron chi connectivity index (χ1n) is 9.80. The molecule has 1 aliphatic carbocycles. The second kappa shape index (κ2) is 8.16. The molecule has 1 heterocycles. The van der Waals surface area contributed by atoms with Crippen LogP contribution in [0.2, 0.25) is 0 Å².